The van der Waals surface area contributed by atoms with Gasteiger partial charge in [-0.15, -0.1) is 0 Å². The first-order chi connectivity index (χ1) is 16.2. The highest BCUT2D eigenvalue weighted by molar-refractivity contribution is 5.82. The molecule has 1 fully saturated rings. The Kier molecular flexibility index (Phi) is 15.3. The highest BCUT2D eigenvalue weighted by atomic mass is 16.2. The predicted octanol–water partition coefficient (Wildman–Crippen LogP) is 9.29. The fourth-order valence-electron chi connectivity index (χ4n) is 5.18. The van der Waals surface area contributed by atoms with Crippen molar-refractivity contribution in [1.82, 2.24) is 4.90 Å². The predicted molar refractivity (Wildman–Crippen MR) is 144 cm³/mol. The Hall–Kier alpha value is -1.31. The minimum atomic E-state index is 0.230. The summed E-state index contributed by atoms with van der Waals surface area (Å²) in [6.07, 6.45) is 26.3. The van der Waals surface area contributed by atoms with Crippen LogP contribution in [0.4, 0.5) is 0 Å². The third-order valence-corrected chi connectivity index (χ3v) is 7.56. The number of benzene rings is 1. The second-order valence-electron chi connectivity index (χ2n) is 10.6. The summed E-state index contributed by atoms with van der Waals surface area (Å²) >= 11 is 0. The molecular formula is C31H53NO. The first-order valence-electron chi connectivity index (χ1n) is 14.5. The van der Waals surface area contributed by atoms with Crippen LogP contribution >= 0.6 is 0 Å². The molecule has 0 bridgehead atoms. The Morgan fingerprint density at radius 2 is 1.12 bits per heavy atom. The molecule has 188 valence electrons. The third-order valence-electron chi connectivity index (χ3n) is 7.56. The Balaban J connectivity index is 1.31. The molecule has 0 saturated heterocycles. The number of unbranched alkanes of at least 4 members (excludes halogenated alkanes) is 17. The maximum atomic E-state index is 12.6. The summed E-state index contributed by atoms with van der Waals surface area (Å²) in [4.78, 5) is 14.6. The number of carbonyl (C=O) groups is 1. The minimum Gasteiger partial charge on any atom is -0.346 e. The highest BCUT2D eigenvalue weighted by Gasteiger charge is 2.44. The van der Waals surface area contributed by atoms with Gasteiger partial charge in [0, 0.05) is 19.5 Å². The summed E-state index contributed by atoms with van der Waals surface area (Å²) in [6.45, 7) is 3.22. The maximum Gasteiger partial charge on any atom is 0.226 e. The van der Waals surface area contributed by atoms with Gasteiger partial charge in [0.2, 0.25) is 5.91 Å². The number of hydrogen-bond donors (Lipinski definition) is 0. The molecule has 2 heteroatoms. The van der Waals surface area contributed by atoms with Gasteiger partial charge in [-0.3, -0.25) is 4.79 Å². The normalized spacial score (nSPS) is 17.3. The SMILES string of the molecule is CCCCCCCCCCCCCCCCCCCCN(C)C(=O)C1CC1c1ccccc1. The topological polar surface area (TPSA) is 20.3 Å². The minimum absolute atomic E-state index is 0.230. The van der Waals surface area contributed by atoms with E-state index in [-0.39, 0.29) is 5.92 Å². The molecule has 0 N–H and O–H groups in total. The average Bonchev–Trinajstić information content (AvgIpc) is 3.64. The molecule has 0 radical (unpaired) electrons. The van der Waals surface area contributed by atoms with Crippen LogP contribution in [0.15, 0.2) is 30.3 Å². The van der Waals surface area contributed by atoms with E-state index in [1.54, 1.807) is 0 Å². The van der Waals surface area contributed by atoms with Gasteiger partial charge in [0.1, 0.15) is 0 Å². The highest BCUT2D eigenvalue weighted by Crippen LogP contribution is 2.48. The monoisotopic (exact) mass is 455 g/mol. The standard InChI is InChI=1S/C31H53NO/c1-3-4-5-6-7-8-9-10-11-12-13-14-15-16-17-18-19-23-26-32(2)31(33)30-27-29(30)28-24-21-20-22-25-28/h20-22,24-25,29-30H,3-19,23,26-27H2,1-2H3. The van der Waals surface area contributed by atoms with E-state index in [2.05, 4.69) is 31.2 Å². The van der Waals surface area contributed by atoms with Gasteiger partial charge >= 0.3 is 0 Å². The number of rotatable bonds is 21. The van der Waals surface area contributed by atoms with Crippen molar-refractivity contribution < 1.29 is 4.79 Å². The molecule has 0 aliphatic heterocycles. The van der Waals surface area contributed by atoms with Crippen molar-refractivity contribution in [3.05, 3.63) is 35.9 Å². The van der Waals surface area contributed by atoms with Crippen molar-refractivity contribution in [3.8, 4) is 0 Å². The van der Waals surface area contributed by atoms with Gasteiger partial charge in [-0.25, -0.2) is 0 Å². The zero-order valence-corrected chi connectivity index (χ0v) is 22.0. The molecule has 2 atom stereocenters. The van der Waals surface area contributed by atoms with E-state index >= 15 is 0 Å². The van der Waals surface area contributed by atoms with Crippen LogP contribution in [0, 0.1) is 5.92 Å². The zero-order valence-electron chi connectivity index (χ0n) is 22.0. The van der Waals surface area contributed by atoms with Gasteiger partial charge in [-0.05, 0) is 24.3 Å². The van der Waals surface area contributed by atoms with E-state index in [9.17, 15) is 4.79 Å². The molecule has 0 aromatic heterocycles. The van der Waals surface area contributed by atoms with Crippen molar-refractivity contribution >= 4 is 5.91 Å². The van der Waals surface area contributed by atoms with Crippen LogP contribution in [-0.2, 0) is 4.79 Å². The van der Waals surface area contributed by atoms with Crippen molar-refractivity contribution in [2.24, 2.45) is 5.92 Å². The fourth-order valence-corrected chi connectivity index (χ4v) is 5.18. The van der Waals surface area contributed by atoms with Crippen molar-refractivity contribution in [3.63, 3.8) is 0 Å². The number of amides is 1. The Morgan fingerprint density at radius 1 is 0.697 bits per heavy atom. The summed E-state index contributed by atoms with van der Waals surface area (Å²) in [7, 11) is 2.00. The second kappa shape index (κ2) is 18.1. The van der Waals surface area contributed by atoms with E-state index in [4.69, 9.17) is 0 Å². The maximum absolute atomic E-state index is 12.6. The molecule has 1 aliphatic carbocycles. The van der Waals surface area contributed by atoms with Crippen LogP contribution in [0.2, 0.25) is 0 Å². The lowest BCUT2D eigenvalue weighted by Crippen LogP contribution is -2.29. The largest absolute Gasteiger partial charge is 0.346 e. The van der Waals surface area contributed by atoms with E-state index in [0.29, 0.717) is 11.8 Å². The van der Waals surface area contributed by atoms with E-state index in [1.807, 2.05) is 18.0 Å². The van der Waals surface area contributed by atoms with E-state index < -0.39 is 0 Å². The lowest BCUT2D eigenvalue weighted by molar-refractivity contribution is -0.131. The number of hydrogen-bond acceptors (Lipinski definition) is 1. The first-order valence-corrected chi connectivity index (χ1v) is 14.5. The van der Waals surface area contributed by atoms with Crippen LogP contribution in [0.5, 0.6) is 0 Å². The fraction of sp³-hybridized carbons (Fsp3) is 0.774. The van der Waals surface area contributed by atoms with Gasteiger partial charge in [0.05, 0.1) is 0 Å². The van der Waals surface area contributed by atoms with Crippen LogP contribution in [-0.4, -0.2) is 24.4 Å². The first kappa shape index (κ1) is 27.9. The van der Waals surface area contributed by atoms with Crippen LogP contribution in [0.25, 0.3) is 0 Å². The summed E-state index contributed by atoms with van der Waals surface area (Å²) in [5.41, 5.74) is 1.33. The molecule has 0 spiro atoms. The Labute approximate surface area is 205 Å². The average molecular weight is 456 g/mol. The van der Waals surface area contributed by atoms with Crippen molar-refractivity contribution in [2.45, 2.75) is 135 Å². The zero-order chi connectivity index (χ0) is 23.6. The molecule has 33 heavy (non-hydrogen) atoms. The molecule has 1 amide bonds. The van der Waals surface area contributed by atoms with E-state index in [1.165, 1.54) is 115 Å². The molecular weight excluding hydrogens is 402 g/mol. The van der Waals surface area contributed by atoms with Crippen LogP contribution in [0.1, 0.15) is 140 Å². The summed E-state index contributed by atoms with van der Waals surface area (Å²) < 4.78 is 0. The van der Waals surface area contributed by atoms with Crippen LogP contribution < -0.4 is 0 Å². The number of carbonyl (C=O) groups excluding carboxylic acids is 1. The van der Waals surface area contributed by atoms with Gasteiger partial charge in [-0.2, -0.15) is 0 Å². The smallest absolute Gasteiger partial charge is 0.226 e. The summed E-state index contributed by atoms with van der Waals surface area (Å²) in [5, 5.41) is 0. The van der Waals surface area contributed by atoms with Gasteiger partial charge in [0.15, 0.2) is 0 Å². The lowest BCUT2D eigenvalue weighted by Gasteiger charge is -2.17. The third kappa shape index (κ3) is 12.6. The Morgan fingerprint density at radius 3 is 1.58 bits per heavy atom. The second-order valence-corrected chi connectivity index (χ2v) is 10.6. The number of nitrogens with zero attached hydrogens (tertiary/aromatic N) is 1. The quantitative estimate of drug-likeness (QED) is 0.169. The molecule has 1 aromatic carbocycles. The molecule has 1 saturated carbocycles. The van der Waals surface area contributed by atoms with Gasteiger partial charge in [0.25, 0.3) is 0 Å². The van der Waals surface area contributed by atoms with Gasteiger partial charge in [-0.1, -0.05) is 146 Å². The van der Waals surface area contributed by atoms with Crippen LogP contribution in [0.3, 0.4) is 0 Å². The molecule has 1 aliphatic rings. The molecule has 2 rings (SSSR count). The van der Waals surface area contributed by atoms with E-state index in [0.717, 1.165) is 19.4 Å². The molecule has 2 nitrogen and oxygen atoms in total. The summed E-state index contributed by atoms with van der Waals surface area (Å²) in [5.74, 6) is 1.05. The van der Waals surface area contributed by atoms with Gasteiger partial charge < -0.3 is 4.90 Å². The molecule has 0 heterocycles. The molecule has 2 unspecified atom stereocenters. The van der Waals surface area contributed by atoms with Crippen molar-refractivity contribution in [1.29, 1.82) is 0 Å². The molecule has 1 aromatic rings. The Bertz CT molecular complexity index is 598. The van der Waals surface area contributed by atoms with Crippen molar-refractivity contribution in [2.75, 3.05) is 13.6 Å². The summed E-state index contributed by atoms with van der Waals surface area (Å²) in [6, 6.07) is 10.5. The lowest BCUT2D eigenvalue weighted by atomic mass is 10.0.